The highest BCUT2D eigenvalue weighted by molar-refractivity contribution is 9.10. The minimum Gasteiger partial charge on any atom is -0.489 e. The molecule has 0 aliphatic heterocycles. The van der Waals surface area contributed by atoms with Crippen molar-refractivity contribution < 1.29 is 9.15 Å². The van der Waals surface area contributed by atoms with E-state index >= 15 is 0 Å². The second kappa shape index (κ2) is 8.23. The molecule has 3 nitrogen and oxygen atoms in total. The first-order chi connectivity index (χ1) is 13.9. The van der Waals surface area contributed by atoms with Crippen molar-refractivity contribution >= 4 is 50.1 Å². The van der Waals surface area contributed by atoms with Gasteiger partial charge in [-0.3, -0.25) is 4.79 Å². The van der Waals surface area contributed by atoms with Crippen molar-refractivity contribution in [3.05, 3.63) is 96.7 Å². The van der Waals surface area contributed by atoms with Gasteiger partial charge >= 0.3 is 0 Å². The summed E-state index contributed by atoms with van der Waals surface area (Å²) in [6, 6.07) is 18.0. The molecule has 0 unspecified atom stereocenters. The van der Waals surface area contributed by atoms with Crippen LogP contribution < -0.4 is 10.2 Å². The summed E-state index contributed by atoms with van der Waals surface area (Å²) in [7, 11) is 0. The van der Waals surface area contributed by atoms with Crippen LogP contribution in [0, 0.1) is 6.92 Å². The minimum atomic E-state index is -0.0771. The van der Waals surface area contributed by atoms with Gasteiger partial charge in [-0.1, -0.05) is 57.3 Å². The maximum Gasteiger partial charge on any atom is 0.200 e. The van der Waals surface area contributed by atoms with Crippen molar-refractivity contribution in [2.75, 3.05) is 0 Å². The summed E-state index contributed by atoms with van der Waals surface area (Å²) >= 11 is 15.8. The number of hydrogen-bond donors (Lipinski definition) is 0. The van der Waals surface area contributed by atoms with Crippen molar-refractivity contribution in [2.24, 2.45) is 0 Å². The first-order valence-electron chi connectivity index (χ1n) is 8.83. The molecule has 0 N–H and O–H groups in total. The Bertz CT molecular complexity index is 1240. The Kier molecular flexibility index (Phi) is 5.68. The van der Waals surface area contributed by atoms with Gasteiger partial charge in [0.05, 0.1) is 10.9 Å². The van der Waals surface area contributed by atoms with E-state index in [4.69, 9.17) is 32.4 Å². The molecule has 0 fully saturated rings. The molecule has 1 aromatic heterocycles. The molecule has 0 saturated heterocycles. The van der Waals surface area contributed by atoms with E-state index in [2.05, 4.69) is 15.9 Å². The summed E-state index contributed by atoms with van der Waals surface area (Å²) in [4.78, 5) is 13.1. The van der Waals surface area contributed by atoms with Crippen LogP contribution in [-0.4, -0.2) is 0 Å². The lowest BCUT2D eigenvalue weighted by molar-refractivity contribution is 0.306. The third-order valence-corrected chi connectivity index (χ3v) is 5.85. The van der Waals surface area contributed by atoms with Crippen molar-refractivity contribution in [3.8, 4) is 16.9 Å². The van der Waals surface area contributed by atoms with Crippen molar-refractivity contribution in [3.63, 3.8) is 0 Å². The van der Waals surface area contributed by atoms with Crippen LogP contribution in [0.15, 0.2) is 74.3 Å². The highest BCUT2D eigenvalue weighted by atomic mass is 79.9. The minimum absolute atomic E-state index is 0.0771. The van der Waals surface area contributed by atoms with Crippen LogP contribution in [0.3, 0.4) is 0 Å². The molecule has 0 aliphatic rings. The number of rotatable bonds is 4. The van der Waals surface area contributed by atoms with E-state index in [0.717, 1.165) is 10.0 Å². The molecular formula is C23H15BrCl2O3. The van der Waals surface area contributed by atoms with Gasteiger partial charge in [-0.2, -0.15) is 0 Å². The fraction of sp³-hybridized carbons (Fsp3) is 0.0870. The fourth-order valence-electron chi connectivity index (χ4n) is 3.15. The van der Waals surface area contributed by atoms with Gasteiger partial charge in [-0.25, -0.2) is 0 Å². The lowest BCUT2D eigenvalue weighted by Crippen LogP contribution is -2.07. The second-order valence-corrected chi connectivity index (χ2v) is 8.25. The average Bonchev–Trinajstić information content (AvgIpc) is 2.69. The Morgan fingerprint density at radius 2 is 1.69 bits per heavy atom. The Morgan fingerprint density at radius 3 is 2.38 bits per heavy atom. The average molecular weight is 490 g/mol. The normalized spacial score (nSPS) is 11.0. The van der Waals surface area contributed by atoms with Crippen LogP contribution in [0.4, 0.5) is 0 Å². The van der Waals surface area contributed by atoms with Gasteiger partial charge in [0, 0.05) is 26.1 Å². The topological polar surface area (TPSA) is 39.4 Å². The molecular weight excluding hydrogens is 475 g/mol. The zero-order valence-corrected chi connectivity index (χ0v) is 18.4. The predicted molar refractivity (Wildman–Crippen MR) is 121 cm³/mol. The second-order valence-electron chi connectivity index (χ2n) is 6.52. The van der Waals surface area contributed by atoms with Gasteiger partial charge in [-0.15, -0.1) is 0 Å². The van der Waals surface area contributed by atoms with E-state index in [-0.39, 0.29) is 12.0 Å². The predicted octanol–water partition coefficient (Wildman–Crippen LogP) is 7.42. The molecule has 0 spiro atoms. The molecule has 0 radical (unpaired) electrons. The van der Waals surface area contributed by atoms with Gasteiger partial charge in [0.1, 0.15) is 23.7 Å². The third kappa shape index (κ3) is 4.06. The van der Waals surface area contributed by atoms with E-state index in [1.807, 2.05) is 24.3 Å². The molecule has 4 rings (SSSR count). The highest BCUT2D eigenvalue weighted by Crippen LogP contribution is 2.29. The van der Waals surface area contributed by atoms with Crippen LogP contribution in [-0.2, 0) is 6.61 Å². The van der Waals surface area contributed by atoms with Gasteiger partial charge < -0.3 is 9.15 Å². The zero-order chi connectivity index (χ0) is 20.5. The molecule has 0 saturated carbocycles. The first-order valence-corrected chi connectivity index (χ1v) is 10.4. The molecule has 1 heterocycles. The van der Waals surface area contributed by atoms with Gasteiger partial charge in [0.2, 0.25) is 5.43 Å². The zero-order valence-electron chi connectivity index (χ0n) is 15.3. The Balaban J connectivity index is 1.69. The Hall–Kier alpha value is -2.27. The SMILES string of the molecule is Cc1oc2cc(OCc3c(Cl)cccc3Cl)ccc2c(=O)c1-c1ccc(Br)cc1. The maximum atomic E-state index is 13.1. The Morgan fingerprint density at radius 1 is 1.00 bits per heavy atom. The molecule has 0 bridgehead atoms. The quantitative estimate of drug-likeness (QED) is 0.299. The van der Waals surface area contributed by atoms with Crippen molar-refractivity contribution in [2.45, 2.75) is 13.5 Å². The van der Waals surface area contributed by atoms with E-state index in [0.29, 0.717) is 43.7 Å². The van der Waals surface area contributed by atoms with Gasteiger partial charge in [-0.05, 0) is 48.9 Å². The van der Waals surface area contributed by atoms with E-state index < -0.39 is 0 Å². The van der Waals surface area contributed by atoms with Crippen LogP contribution >= 0.6 is 39.1 Å². The molecule has 146 valence electrons. The number of benzene rings is 3. The molecule has 3 aromatic carbocycles. The monoisotopic (exact) mass is 488 g/mol. The van der Waals surface area contributed by atoms with Gasteiger partial charge in [0.15, 0.2) is 0 Å². The summed E-state index contributed by atoms with van der Waals surface area (Å²) < 4.78 is 12.7. The Labute approximate surface area is 186 Å². The molecule has 29 heavy (non-hydrogen) atoms. The summed E-state index contributed by atoms with van der Waals surface area (Å²) in [6.45, 7) is 2.00. The van der Waals surface area contributed by atoms with Crippen molar-refractivity contribution in [1.82, 2.24) is 0 Å². The molecule has 0 amide bonds. The largest absolute Gasteiger partial charge is 0.489 e. The molecule has 0 atom stereocenters. The van der Waals surface area contributed by atoms with Gasteiger partial charge in [0.25, 0.3) is 0 Å². The number of fused-ring (bicyclic) bond motifs is 1. The van der Waals surface area contributed by atoms with Crippen molar-refractivity contribution in [1.29, 1.82) is 0 Å². The van der Waals surface area contributed by atoms with E-state index in [1.165, 1.54) is 0 Å². The molecule has 6 heteroatoms. The lowest BCUT2D eigenvalue weighted by Gasteiger charge is -2.11. The van der Waals surface area contributed by atoms with E-state index in [1.54, 1.807) is 43.3 Å². The third-order valence-electron chi connectivity index (χ3n) is 4.62. The standard InChI is InChI=1S/C23H15BrCl2O3/c1-13-22(14-5-7-15(24)8-6-14)23(27)17-10-9-16(11-21(17)29-13)28-12-18-19(25)3-2-4-20(18)26/h2-11H,12H2,1H3. The van der Waals surface area contributed by atoms with Crippen LogP contribution in [0.1, 0.15) is 11.3 Å². The fourth-order valence-corrected chi connectivity index (χ4v) is 3.92. The summed E-state index contributed by atoms with van der Waals surface area (Å²) in [6.07, 6.45) is 0. The van der Waals surface area contributed by atoms with Crippen LogP contribution in [0.2, 0.25) is 10.0 Å². The van der Waals surface area contributed by atoms with Crippen LogP contribution in [0.5, 0.6) is 5.75 Å². The first kappa shape index (κ1) is 20.0. The molecule has 4 aromatic rings. The smallest absolute Gasteiger partial charge is 0.200 e. The molecule has 0 aliphatic carbocycles. The summed E-state index contributed by atoms with van der Waals surface area (Å²) in [5.41, 5.74) is 2.47. The van der Waals surface area contributed by atoms with Crippen LogP contribution in [0.25, 0.3) is 22.1 Å². The lowest BCUT2D eigenvalue weighted by atomic mass is 10.0. The summed E-state index contributed by atoms with van der Waals surface area (Å²) in [5.74, 6) is 1.11. The maximum absolute atomic E-state index is 13.1. The number of aryl methyl sites for hydroxylation is 1. The number of halogens is 3. The number of hydrogen-bond acceptors (Lipinski definition) is 3. The highest BCUT2D eigenvalue weighted by Gasteiger charge is 2.14. The summed E-state index contributed by atoms with van der Waals surface area (Å²) in [5, 5.41) is 1.58. The van der Waals surface area contributed by atoms with E-state index in [9.17, 15) is 4.79 Å². The number of ether oxygens (including phenoxy) is 1.